The summed E-state index contributed by atoms with van der Waals surface area (Å²) >= 11 is 5.35. The summed E-state index contributed by atoms with van der Waals surface area (Å²) in [5.74, 6) is -2.12. The Morgan fingerprint density at radius 2 is 1.93 bits per heavy atom. The number of hydrogen-bond donors (Lipinski definition) is 3. The molecular formula is C8H9ClN2O4. The van der Waals surface area contributed by atoms with Gasteiger partial charge in [0.15, 0.2) is 0 Å². The number of rotatable bonds is 4. The van der Waals surface area contributed by atoms with E-state index in [1.54, 1.807) is 0 Å². The van der Waals surface area contributed by atoms with E-state index in [0.29, 0.717) is 6.08 Å². The van der Waals surface area contributed by atoms with Crippen LogP contribution < -0.4 is 10.6 Å². The molecule has 3 amide bonds. The molecule has 0 saturated carbocycles. The molecule has 0 atom stereocenters. The van der Waals surface area contributed by atoms with Gasteiger partial charge in [-0.15, -0.1) is 0 Å². The van der Waals surface area contributed by atoms with Gasteiger partial charge in [-0.3, -0.25) is 10.1 Å². The first-order chi connectivity index (χ1) is 6.91. The summed E-state index contributed by atoms with van der Waals surface area (Å²) in [7, 11) is 0. The van der Waals surface area contributed by atoms with Gasteiger partial charge in [0.25, 0.3) is 5.91 Å². The minimum atomic E-state index is -1.28. The van der Waals surface area contributed by atoms with Gasteiger partial charge < -0.3 is 10.4 Å². The van der Waals surface area contributed by atoms with E-state index >= 15 is 0 Å². The molecule has 0 unspecified atom stereocenters. The lowest BCUT2D eigenvalue weighted by atomic mass is 10.5. The molecule has 0 radical (unpaired) electrons. The van der Waals surface area contributed by atoms with Crippen molar-refractivity contribution in [3.8, 4) is 0 Å². The molecule has 0 spiro atoms. The summed E-state index contributed by atoms with van der Waals surface area (Å²) in [6.45, 7) is 3.33. The van der Waals surface area contributed by atoms with E-state index in [2.05, 4.69) is 11.9 Å². The van der Waals surface area contributed by atoms with Crippen LogP contribution in [0, 0.1) is 0 Å². The highest BCUT2D eigenvalue weighted by Crippen LogP contribution is 1.91. The lowest BCUT2D eigenvalue weighted by Crippen LogP contribution is -2.39. The van der Waals surface area contributed by atoms with Gasteiger partial charge in [0.1, 0.15) is 0 Å². The van der Waals surface area contributed by atoms with Crippen molar-refractivity contribution in [1.82, 2.24) is 10.6 Å². The zero-order chi connectivity index (χ0) is 11.8. The average Bonchev–Trinajstić information content (AvgIpc) is 2.11. The lowest BCUT2D eigenvalue weighted by Gasteiger charge is -2.02. The average molecular weight is 233 g/mol. The number of nitrogens with one attached hydrogen (secondary N) is 2. The van der Waals surface area contributed by atoms with Gasteiger partial charge in [0.2, 0.25) is 0 Å². The van der Waals surface area contributed by atoms with Crippen LogP contribution in [0.2, 0.25) is 0 Å². The molecule has 0 saturated heterocycles. The molecule has 0 aromatic rings. The zero-order valence-electron chi connectivity index (χ0n) is 7.62. The Morgan fingerprint density at radius 3 is 2.40 bits per heavy atom. The number of amides is 3. The number of aliphatic carboxylic acids is 1. The van der Waals surface area contributed by atoms with E-state index in [1.165, 1.54) is 0 Å². The van der Waals surface area contributed by atoms with Crippen LogP contribution >= 0.6 is 11.6 Å². The maximum Gasteiger partial charge on any atom is 0.328 e. The van der Waals surface area contributed by atoms with Crippen molar-refractivity contribution in [1.29, 1.82) is 0 Å². The van der Waals surface area contributed by atoms with Crippen LogP contribution in [0.4, 0.5) is 4.79 Å². The molecule has 0 aliphatic heterocycles. The quantitative estimate of drug-likeness (QED) is 0.604. The Hall–Kier alpha value is -1.82. The van der Waals surface area contributed by atoms with Gasteiger partial charge in [-0.25, -0.2) is 9.59 Å². The maximum absolute atomic E-state index is 10.9. The molecule has 82 valence electrons. The number of carboxylic acid groups (broad SMARTS) is 1. The van der Waals surface area contributed by atoms with Crippen molar-refractivity contribution < 1.29 is 19.5 Å². The smallest absolute Gasteiger partial charge is 0.328 e. The monoisotopic (exact) mass is 232 g/mol. The second-order valence-corrected chi connectivity index (χ2v) is 2.90. The van der Waals surface area contributed by atoms with Crippen LogP contribution in [-0.2, 0) is 9.59 Å². The zero-order valence-corrected chi connectivity index (χ0v) is 8.37. The van der Waals surface area contributed by atoms with Crippen molar-refractivity contribution in [2.24, 2.45) is 0 Å². The van der Waals surface area contributed by atoms with Crippen molar-refractivity contribution in [3.63, 3.8) is 0 Å². The number of carboxylic acids is 1. The van der Waals surface area contributed by atoms with Crippen molar-refractivity contribution in [2.75, 3.05) is 6.54 Å². The normalized spacial score (nSPS) is 9.67. The molecule has 0 bridgehead atoms. The molecule has 0 fully saturated rings. The summed E-state index contributed by atoms with van der Waals surface area (Å²) in [6.07, 6.45) is 1.33. The van der Waals surface area contributed by atoms with E-state index in [9.17, 15) is 14.4 Å². The second-order valence-electron chi connectivity index (χ2n) is 2.36. The number of imide groups is 1. The molecule has 3 N–H and O–H groups in total. The van der Waals surface area contributed by atoms with Crippen LogP contribution in [0.1, 0.15) is 0 Å². The number of carbonyl (C=O) groups excluding carboxylic acids is 2. The Kier molecular flexibility index (Phi) is 5.81. The minimum Gasteiger partial charge on any atom is -0.478 e. The summed E-state index contributed by atoms with van der Waals surface area (Å²) in [4.78, 5) is 31.7. The SMILES string of the molecule is C=C(Cl)CNC(=O)NC(=O)/C=C/C(=O)O. The van der Waals surface area contributed by atoms with Crippen LogP contribution in [0.25, 0.3) is 0 Å². The third kappa shape index (κ3) is 8.51. The van der Waals surface area contributed by atoms with Crippen LogP contribution in [-0.4, -0.2) is 29.6 Å². The molecule has 0 aromatic carbocycles. The second kappa shape index (κ2) is 6.61. The van der Waals surface area contributed by atoms with E-state index in [1.807, 2.05) is 5.32 Å². The third-order valence-electron chi connectivity index (χ3n) is 1.05. The van der Waals surface area contributed by atoms with Crippen molar-refractivity contribution >= 4 is 29.5 Å². The maximum atomic E-state index is 10.9. The minimum absolute atomic E-state index is 0.0172. The predicted molar refractivity (Wildman–Crippen MR) is 53.3 cm³/mol. The van der Waals surface area contributed by atoms with Crippen LogP contribution in [0.5, 0.6) is 0 Å². The van der Waals surface area contributed by atoms with Crippen molar-refractivity contribution in [3.05, 3.63) is 23.8 Å². The van der Waals surface area contributed by atoms with E-state index < -0.39 is 17.9 Å². The van der Waals surface area contributed by atoms with Gasteiger partial charge in [-0.1, -0.05) is 18.2 Å². The topological polar surface area (TPSA) is 95.5 Å². The van der Waals surface area contributed by atoms with Crippen molar-refractivity contribution in [2.45, 2.75) is 0 Å². The van der Waals surface area contributed by atoms with Gasteiger partial charge in [0.05, 0.1) is 6.54 Å². The number of halogens is 1. The number of urea groups is 1. The standard InChI is InChI=1S/C8H9ClN2O4/c1-5(9)4-10-8(15)11-6(12)2-3-7(13)14/h2-3H,1,4H2,(H,13,14)(H2,10,11,12,15)/b3-2+. The summed E-state index contributed by atoms with van der Waals surface area (Å²) in [5, 5.41) is 12.5. The Morgan fingerprint density at radius 1 is 1.33 bits per heavy atom. The highest BCUT2D eigenvalue weighted by Gasteiger charge is 2.04. The molecule has 0 rings (SSSR count). The molecule has 6 nitrogen and oxygen atoms in total. The fourth-order valence-corrected chi connectivity index (χ4v) is 0.588. The van der Waals surface area contributed by atoms with E-state index in [4.69, 9.17) is 16.7 Å². The fraction of sp³-hybridized carbons (Fsp3) is 0.125. The van der Waals surface area contributed by atoms with Gasteiger partial charge >= 0.3 is 12.0 Å². The molecule has 15 heavy (non-hydrogen) atoms. The third-order valence-corrected chi connectivity index (χ3v) is 1.19. The molecule has 0 heterocycles. The molecule has 0 aliphatic carbocycles. The summed E-state index contributed by atoms with van der Waals surface area (Å²) in [5.41, 5.74) is 0. The Labute approximate surface area is 90.6 Å². The number of carbonyl (C=O) groups is 3. The largest absolute Gasteiger partial charge is 0.478 e. The molecular weight excluding hydrogens is 224 g/mol. The van der Waals surface area contributed by atoms with E-state index in [-0.39, 0.29) is 11.6 Å². The Balaban J connectivity index is 3.92. The lowest BCUT2D eigenvalue weighted by molar-refractivity contribution is -0.131. The van der Waals surface area contributed by atoms with Crippen LogP contribution in [0.15, 0.2) is 23.8 Å². The first-order valence-corrected chi connectivity index (χ1v) is 4.12. The summed E-state index contributed by atoms with van der Waals surface area (Å²) < 4.78 is 0. The fourth-order valence-electron chi connectivity index (χ4n) is 0.521. The Bertz CT molecular complexity index is 325. The highest BCUT2D eigenvalue weighted by molar-refractivity contribution is 6.29. The molecule has 0 aliphatic rings. The van der Waals surface area contributed by atoms with Gasteiger partial charge in [0, 0.05) is 17.2 Å². The van der Waals surface area contributed by atoms with Gasteiger partial charge in [-0.05, 0) is 0 Å². The first-order valence-electron chi connectivity index (χ1n) is 3.75. The predicted octanol–water partition coefficient (Wildman–Crippen LogP) is 0.205. The number of hydrogen-bond acceptors (Lipinski definition) is 3. The summed E-state index contributed by atoms with van der Waals surface area (Å²) in [6, 6.07) is -0.781. The van der Waals surface area contributed by atoms with E-state index in [0.717, 1.165) is 6.08 Å². The molecule has 7 heteroatoms. The van der Waals surface area contributed by atoms with Gasteiger partial charge in [-0.2, -0.15) is 0 Å². The first kappa shape index (κ1) is 13.2. The highest BCUT2D eigenvalue weighted by atomic mass is 35.5. The van der Waals surface area contributed by atoms with Crippen LogP contribution in [0.3, 0.4) is 0 Å². The molecule has 0 aromatic heterocycles.